The Kier molecular flexibility index (Phi) is 5.17. The molecule has 4 nitrogen and oxygen atoms in total. The van der Waals surface area contributed by atoms with E-state index in [4.69, 9.17) is 0 Å². The zero-order valence-electron chi connectivity index (χ0n) is 12.8. The smallest absolute Gasteiger partial charge is 0.241 e. The molecule has 0 radical (unpaired) electrons. The topological polar surface area (TPSA) is 35.6 Å². The van der Waals surface area contributed by atoms with Crippen LogP contribution in [-0.4, -0.2) is 55.6 Å². The van der Waals surface area contributed by atoms with Crippen LogP contribution in [0.3, 0.4) is 0 Å². The minimum Gasteiger partial charge on any atom is -0.328 e. The summed E-state index contributed by atoms with van der Waals surface area (Å²) in [6, 6.07) is 0.0187. The molecule has 0 aromatic carbocycles. The maximum Gasteiger partial charge on any atom is 0.241 e. The quantitative estimate of drug-likeness (QED) is 0.779. The summed E-state index contributed by atoms with van der Waals surface area (Å²) in [6.07, 6.45) is 1.04. The number of amides is 1. The molecule has 0 aromatic heterocycles. The van der Waals surface area contributed by atoms with Gasteiger partial charge in [-0.05, 0) is 25.4 Å². The summed E-state index contributed by atoms with van der Waals surface area (Å²) in [6.45, 7) is 11.2. The van der Waals surface area contributed by atoms with E-state index in [1.54, 1.807) is 0 Å². The first-order valence-corrected chi connectivity index (χ1v) is 6.93. The molecule has 1 aliphatic heterocycles. The Labute approximate surface area is 112 Å². The molecule has 1 fully saturated rings. The van der Waals surface area contributed by atoms with E-state index in [9.17, 15) is 4.79 Å². The normalized spacial score (nSPS) is 22.9. The van der Waals surface area contributed by atoms with Gasteiger partial charge in [0.15, 0.2) is 0 Å². The van der Waals surface area contributed by atoms with E-state index in [-0.39, 0.29) is 17.4 Å². The predicted molar refractivity (Wildman–Crippen MR) is 75.3 cm³/mol. The summed E-state index contributed by atoms with van der Waals surface area (Å²) >= 11 is 0. The highest BCUT2D eigenvalue weighted by Crippen LogP contribution is 2.22. The lowest BCUT2D eigenvalue weighted by atomic mass is 9.92. The molecule has 1 N–H and O–H groups in total. The summed E-state index contributed by atoms with van der Waals surface area (Å²) in [5.74, 6) is 0.690. The van der Waals surface area contributed by atoms with E-state index >= 15 is 0 Å². The zero-order valence-corrected chi connectivity index (χ0v) is 12.8. The second-order valence-electron chi connectivity index (χ2n) is 6.66. The average molecular weight is 255 g/mol. The molecule has 1 heterocycles. The number of nitrogens with one attached hydrogen (secondary N) is 1. The molecular formula is C14H29N3O. The van der Waals surface area contributed by atoms with Gasteiger partial charge in [0.2, 0.25) is 5.91 Å². The van der Waals surface area contributed by atoms with Crippen LogP contribution in [0.5, 0.6) is 0 Å². The molecule has 106 valence electrons. The molecule has 0 bridgehead atoms. The Balaban J connectivity index is 2.57. The SMILES string of the molecule is CCC(C)C1NCN(CC(C)(C)CN(C)C)C1=O. The summed E-state index contributed by atoms with van der Waals surface area (Å²) in [5.41, 5.74) is 0.130. The first kappa shape index (κ1) is 15.4. The van der Waals surface area contributed by atoms with Crippen molar-refractivity contribution in [1.82, 2.24) is 15.1 Å². The third-order valence-corrected chi connectivity index (χ3v) is 3.66. The Morgan fingerprint density at radius 3 is 2.61 bits per heavy atom. The monoisotopic (exact) mass is 255 g/mol. The average Bonchev–Trinajstić information content (AvgIpc) is 2.57. The van der Waals surface area contributed by atoms with Gasteiger partial charge in [-0.1, -0.05) is 34.1 Å². The van der Waals surface area contributed by atoms with E-state index in [2.05, 4.69) is 52.0 Å². The molecule has 1 rings (SSSR count). The summed E-state index contributed by atoms with van der Waals surface area (Å²) in [4.78, 5) is 16.5. The highest BCUT2D eigenvalue weighted by Gasteiger charge is 2.36. The van der Waals surface area contributed by atoms with Crippen LogP contribution < -0.4 is 5.32 Å². The molecular weight excluding hydrogens is 226 g/mol. The van der Waals surface area contributed by atoms with Gasteiger partial charge >= 0.3 is 0 Å². The van der Waals surface area contributed by atoms with Gasteiger partial charge in [-0.15, -0.1) is 0 Å². The Morgan fingerprint density at radius 2 is 2.11 bits per heavy atom. The third-order valence-electron chi connectivity index (χ3n) is 3.66. The summed E-state index contributed by atoms with van der Waals surface area (Å²) in [7, 11) is 4.15. The number of hydrogen-bond donors (Lipinski definition) is 1. The van der Waals surface area contributed by atoms with Crippen LogP contribution in [0.15, 0.2) is 0 Å². The fourth-order valence-corrected chi connectivity index (χ4v) is 2.81. The van der Waals surface area contributed by atoms with Crippen molar-refractivity contribution in [3.63, 3.8) is 0 Å². The highest BCUT2D eigenvalue weighted by atomic mass is 16.2. The molecule has 1 aliphatic rings. The Bertz CT molecular complexity index is 289. The molecule has 0 spiro atoms. The van der Waals surface area contributed by atoms with Gasteiger partial charge in [0.1, 0.15) is 0 Å². The third kappa shape index (κ3) is 3.95. The van der Waals surface area contributed by atoms with E-state index in [0.717, 1.165) is 19.5 Å². The van der Waals surface area contributed by atoms with Gasteiger partial charge in [0, 0.05) is 13.1 Å². The summed E-state index contributed by atoms with van der Waals surface area (Å²) in [5, 5.41) is 3.35. The van der Waals surface area contributed by atoms with E-state index in [1.807, 2.05) is 4.90 Å². The van der Waals surface area contributed by atoms with Gasteiger partial charge in [-0.25, -0.2) is 0 Å². The number of rotatable bonds is 6. The number of nitrogens with zero attached hydrogens (tertiary/aromatic N) is 2. The maximum atomic E-state index is 12.3. The second-order valence-corrected chi connectivity index (χ2v) is 6.66. The van der Waals surface area contributed by atoms with Gasteiger partial charge in [0.05, 0.1) is 12.7 Å². The van der Waals surface area contributed by atoms with Gasteiger partial charge < -0.3 is 9.80 Å². The molecule has 2 atom stereocenters. The predicted octanol–water partition coefficient (Wildman–Crippen LogP) is 1.38. The summed E-state index contributed by atoms with van der Waals surface area (Å²) < 4.78 is 0. The van der Waals surface area contributed by atoms with Crippen molar-refractivity contribution < 1.29 is 4.79 Å². The van der Waals surface area contributed by atoms with Gasteiger partial charge in [-0.2, -0.15) is 0 Å². The lowest BCUT2D eigenvalue weighted by Crippen LogP contribution is -2.42. The molecule has 0 aromatic rings. The standard InChI is InChI=1S/C14H29N3O/c1-7-11(2)12-13(18)17(10-15-12)9-14(3,4)8-16(5)6/h11-12,15H,7-10H2,1-6H3. The Morgan fingerprint density at radius 1 is 1.50 bits per heavy atom. The van der Waals surface area contributed by atoms with Crippen molar-refractivity contribution in [1.29, 1.82) is 0 Å². The van der Waals surface area contributed by atoms with Crippen LogP contribution in [0.25, 0.3) is 0 Å². The molecule has 0 aliphatic carbocycles. The lowest BCUT2D eigenvalue weighted by Gasteiger charge is -2.32. The molecule has 4 heteroatoms. The first-order valence-electron chi connectivity index (χ1n) is 6.93. The molecule has 0 saturated carbocycles. The minimum atomic E-state index is 0.0187. The van der Waals surface area contributed by atoms with Crippen molar-refractivity contribution in [2.24, 2.45) is 11.3 Å². The van der Waals surface area contributed by atoms with E-state index in [0.29, 0.717) is 12.6 Å². The number of carbonyl (C=O) groups is 1. The van der Waals surface area contributed by atoms with E-state index < -0.39 is 0 Å². The highest BCUT2D eigenvalue weighted by molar-refractivity contribution is 5.84. The van der Waals surface area contributed by atoms with Crippen LogP contribution in [-0.2, 0) is 4.79 Å². The van der Waals surface area contributed by atoms with Crippen molar-refractivity contribution in [2.45, 2.75) is 40.2 Å². The van der Waals surface area contributed by atoms with Crippen molar-refractivity contribution in [2.75, 3.05) is 33.9 Å². The zero-order chi connectivity index (χ0) is 13.9. The van der Waals surface area contributed by atoms with Crippen molar-refractivity contribution in [3.05, 3.63) is 0 Å². The molecule has 2 unspecified atom stereocenters. The van der Waals surface area contributed by atoms with Crippen molar-refractivity contribution in [3.8, 4) is 0 Å². The molecule has 18 heavy (non-hydrogen) atoms. The largest absolute Gasteiger partial charge is 0.328 e. The maximum absolute atomic E-state index is 12.3. The fraction of sp³-hybridized carbons (Fsp3) is 0.929. The lowest BCUT2D eigenvalue weighted by molar-refractivity contribution is -0.131. The fourth-order valence-electron chi connectivity index (χ4n) is 2.81. The van der Waals surface area contributed by atoms with Crippen LogP contribution in [0, 0.1) is 11.3 Å². The van der Waals surface area contributed by atoms with E-state index in [1.165, 1.54) is 0 Å². The number of hydrogen-bond acceptors (Lipinski definition) is 3. The van der Waals surface area contributed by atoms with Crippen LogP contribution >= 0.6 is 0 Å². The van der Waals surface area contributed by atoms with Crippen LogP contribution in [0.4, 0.5) is 0 Å². The van der Waals surface area contributed by atoms with Gasteiger partial charge in [-0.3, -0.25) is 10.1 Å². The number of carbonyl (C=O) groups excluding carboxylic acids is 1. The minimum absolute atomic E-state index is 0.0187. The van der Waals surface area contributed by atoms with Crippen molar-refractivity contribution >= 4 is 5.91 Å². The first-order chi connectivity index (χ1) is 8.26. The second kappa shape index (κ2) is 6.02. The molecule has 1 amide bonds. The Hall–Kier alpha value is -0.610. The van der Waals surface area contributed by atoms with Crippen LogP contribution in [0.2, 0.25) is 0 Å². The van der Waals surface area contributed by atoms with Gasteiger partial charge in [0.25, 0.3) is 0 Å². The van der Waals surface area contributed by atoms with Crippen LogP contribution in [0.1, 0.15) is 34.1 Å². The molecule has 1 saturated heterocycles.